The number of hydrogen-bond acceptors (Lipinski definition) is 26. The lowest BCUT2D eigenvalue weighted by Crippen LogP contribution is -2.44. The van der Waals surface area contributed by atoms with Crippen molar-refractivity contribution in [1.29, 1.82) is 0 Å². The zero-order chi connectivity index (χ0) is 76.7. The van der Waals surface area contributed by atoms with Gasteiger partial charge in [-0.25, -0.2) is 43.7 Å². The van der Waals surface area contributed by atoms with Crippen LogP contribution in [0.15, 0.2) is 45.7 Å². The Labute approximate surface area is 591 Å². The molecule has 1 aliphatic heterocycles. The van der Waals surface area contributed by atoms with Crippen LogP contribution in [0, 0.1) is 0 Å². The monoisotopic (exact) mass is 1510 g/mol. The fourth-order valence-corrected chi connectivity index (χ4v) is 7.04. The number of carbonyl (C=O) groups excluding carboxylic acids is 6. The van der Waals surface area contributed by atoms with Gasteiger partial charge in [-0.15, -0.1) is 19.6 Å². The number of amides is 2. The highest BCUT2D eigenvalue weighted by Crippen LogP contribution is 2.36. The van der Waals surface area contributed by atoms with E-state index in [-0.39, 0.29) is 45.0 Å². The average molecular weight is 1510 g/mol. The second-order valence-corrected chi connectivity index (χ2v) is 31.0. The van der Waals surface area contributed by atoms with Gasteiger partial charge in [0.25, 0.3) is 0 Å². The molecule has 6 aromatic rings. The van der Waals surface area contributed by atoms with E-state index in [0.717, 1.165) is 19.2 Å². The van der Waals surface area contributed by atoms with E-state index < -0.39 is 95.6 Å². The van der Waals surface area contributed by atoms with E-state index in [1.54, 1.807) is 165 Å². The fourth-order valence-electron chi connectivity index (χ4n) is 6.38. The van der Waals surface area contributed by atoms with E-state index >= 15 is 0 Å². The van der Waals surface area contributed by atoms with Gasteiger partial charge >= 0.3 is 50.8 Å². The van der Waals surface area contributed by atoms with Crippen molar-refractivity contribution in [3.05, 3.63) is 45.7 Å². The van der Waals surface area contributed by atoms with Crippen molar-refractivity contribution in [3.8, 4) is 0 Å². The molecule has 0 saturated carbocycles. The summed E-state index contributed by atoms with van der Waals surface area (Å²) in [6, 6.07) is 4.93. The number of H-pyrrole nitrogens is 1. The minimum atomic E-state index is -1.78. The molecule has 36 heteroatoms. The SMILES string of the molecule is CC.CC(C)(C)OC(=O)Nc1nn(C(=O)OC(C)(C)C)c2ncc(B(O)O)cc12.CC(C)(C)OC(=O)Nc1nn(C(=O)OC(C)(C)C)c2ncc(Br)cc12.CC(C)(C)OC(=O)OC(=O)OC(C)(C)C.CC(C)(O)C(C)(C)O.Nc1[nH]nc2ncc(Br)cc12.[B]B1OC(C)(C)C(C)(C)O1. The third-order valence-corrected chi connectivity index (χ3v) is 12.7. The minimum Gasteiger partial charge on any atom is -0.444 e. The van der Waals surface area contributed by atoms with Gasteiger partial charge in [0, 0.05) is 33.0 Å². The smallest absolute Gasteiger partial charge is 0.444 e. The standard InChI is InChI=1S/C16H23BN4O6.C16H21BrN4O4.C10H18O5.C6H12B2O2.C6H5BrN4.C6H14O2.C2H6/c1-15(2,3)26-13(22)19-11-10-7-9(17(24)25)8-18-12(10)21(20-11)14(23)27-16(4,5)6;1-15(2,3)24-13(22)19-11-10-7-9(17)8-18-12(10)21(20-11)14(23)25-16(4,5)6;1-9(2,3)14-7(11)13-8(12)15-10(4,5)6;1-5(2)6(3,4)10-8(7)9-5;7-3-1-4-5(8)10-11-6(4)9-2-3;1-5(2,7)6(3,4)8;1-2/h7-8,24-25H,1-6H3,(H,19,20,22);7-8H,1-6H3,(H,19,20,22);1-6H3;1-4H3;1-2H,(H3,8,9,10,11);7-8H,1-4H3;1-2H3. The summed E-state index contributed by atoms with van der Waals surface area (Å²) >= 11 is 6.61. The maximum absolute atomic E-state index is 12.4. The van der Waals surface area contributed by atoms with E-state index in [2.05, 4.69) is 82.6 Å². The lowest BCUT2D eigenvalue weighted by Gasteiger charge is -2.32. The summed E-state index contributed by atoms with van der Waals surface area (Å²) < 4.78 is 48.9. The minimum absolute atomic E-state index is 0.0277. The van der Waals surface area contributed by atoms with Crippen LogP contribution in [0.25, 0.3) is 33.1 Å². The number of hydrogen-bond donors (Lipinski definition) is 8. The zero-order valence-electron chi connectivity index (χ0n) is 61.5. The molecule has 7 rings (SSSR count). The van der Waals surface area contributed by atoms with Crippen LogP contribution in [-0.2, 0) is 42.5 Å². The molecule has 7 heterocycles. The van der Waals surface area contributed by atoms with Gasteiger partial charge in [-0.2, -0.15) is 5.10 Å². The predicted molar refractivity (Wildman–Crippen MR) is 381 cm³/mol. The highest BCUT2D eigenvalue weighted by Gasteiger charge is 2.48. The number of aliphatic hydroxyl groups is 2. The molecule has 0 aliphatic carbocycles. The van der Waals surface area contributed by atoms with Crippen LogP contribution in [0.4, 0.5) is 46.2 Å². The maximum atomic E-state index is 12.4. The van der Waals surface area contributed by atoms with Gasteiger partial charge in [-0.3, -0.25) is 15.7 Å². The number of carbonyl (C=O) groups is 6. The van der Waals surface area contributed by atoms with Gasteiger partial charge in [-0.05, 0) is 230 Å². The van der Waals surface area contributed by atoms with Gasteiger partial charge in [0.05, 0.1) is 38.6 Å². The highest BCUT2D eigenvalue weighted by molar-refractivity contribution is 9.10. The average Bonchev–Trinajstić information content (AvgIpc) is 1.62. The topological polar surface area (TPSA) is 419 Å². The molecule has 98 heavy (non-hydrogen) atoms. The molecule has 6 aromatic heterocycles. The molecule has 0 unspecified atom stereocenters. The van der Waals surface area contributed by atoms with E-state index in [4.69, 9.17) is 61.4 Å². The molecule has 0 aromatic carbocycles. The van der Waals surface area contributed by atoms with Crippen LogP contribution < -0.4 is 21.8 Å². The first-order valence-corrected chi connectivity index (χ1v) is 32.3. The van der Waals surface area contributed by atoms with Gasteiger partial charge < -0.3 is 68.5 Å². The highest BCUT2D eigenvalue weighted by atomic mass is 79.9. The summed E-state index contributed by atoms with van der Waals surface area (Å²) in [5.74, 6) is 0.679. The molecule has 0 atom stereocenters. The second kappa shape index (κ2) is 34.7. The second-order valence-electron chi connectivity index (χ2n) is 29.2. The first kappa shape index (κ1) is 88.8. The number of pyridine rings is 3. The normalized spacial score (nSPS) is 13.6. The summed E-state index contributed by atoms with van der Waals surface area (Å²) in [6.45, 7) is 48.9. The molecular weight excluding hydrogens is 1410 g/mol. The predicted octanol–water partition coefficient (Wildman–Crippen LogP) is 12.0. The summed E-state index contributed by atoms with van der Waals surface area (Å²) in [7, 11) is 3.10. The number of nitrogens with zero attached hydrogens (tertiary/aromatic N) is 8. The Morgan fingerprint density at radius 1 is 0.551 bits per heavy atom. The van der Waals surface area contributed by atoms with E-state index in [9.17, 15) is 38.8 Å². The van der Waals surface area contributed by atoms with Crippen LogP contribution >= 0.6 is 31.9 Å². The van der Waals surface area contributed by atoms with Crippen molar-refractivity contribution in [2.24, 2.45) is 0 Å². The Morgan fingerprint density at radius 2 is 0.878 bits per heavy atom. The number of aromatic nitrogens is 9. The van der Waals surface area contributed by atoms with Crippen LogP contribution in [-0.4, -0.2) is 180 Å². The lowest BCUT2D eigenvalue weighted by atomic mass is 9.63. The largest absolute Gasteiger partial charge is 0.519 e. The van der Waals surface area contributed by atoms with Crippen molar-refractivity contribution in [1.82, 2.24) is 44.7 Å². The summed E-state index contributed by atoms with van der Waals surface area (Å²) in [6.07, 6.45) is -0.665. The quantitative estimate of drug-likeness (QED) is 0.0352. The Balaban J connectivity index is 0.000000617. The van der Waals surface area contributed by atoms with E-state index in [1.165, 1.54) is 18.5 Å². The van der Waals surface area contributed by atoms with Gasteiger partial charge in [-0.1, -0.05) is 13.8 Å². The van der Waals surface area contributed by atoms with E-state index in [1.807, 2.05) is 47.6 Å². The molecule has 31 nitrogen and oxygen atoms in total. The molecule has 544 valence electrons. The van der Waals surface area contributed by atoms with Crippen LogP contribution in [0.2, 0.25) is 0 Å². The summed E-state index contributed by atoms with van der Waals surface area (Å²) in [4.78, 5) is 83.2. The maximum Gasteiger partial charge on any atom is 0.519 e. The Bertz CT molecular complexity index is 3600. The van der Waals surface area contributed by atoms with Crippen molar-refractivity contribution in [2.45, 2.75) is 250 Å². The number of nitrogen functional groups attached to an aromatic ring is 1. The number of fused-ring (bicyclic) bond motifs is 3. The van der Waals surface area contributed by atoms with Crippen molar-refractivity contribution in [2.75, 3.05) is 16.4 Å². The molecule has 1 fully saturated rings. The Kier molecular flexibility index (Phi) is 31.5. The molecule has 2 amide bonds. The van der Waals surface area contributed by atoms with Crippen molar-refractivity contribution >= 4 is 146 Å². The molecule has 0 bridgehead atoms. The number of nitrogens with one attached hydrogen (secondary N) is 3. The van der Waals surface area contributed by atoms with Crippen LogP contribution in [0.3, 0.4) is 0 Å². The fraction of sp³-hybridized carbons (Fsp3) is 0.613. The Morgan fingerprint density at radius 3 is 1.19 bits per heavy atom. The number of nitrogens with two attached hydrogens (primary N) is 1. The molecular formula is C62H99B3Br2N12O19. The summed E-state index contributed by atoms with van der Waals surface area (Å²) in [5, 5.41) is 58.2. The van der Waals surface area contributed by atoms with Crippen molar-refractivity contribution < 1.29 is 91.5 Å². The number of rotatable bonds is 4. The first-order valence-electron chi connectivity index (χ1n) is 30.7. The van der Waals surface area contributed by atoms with Crippen molar-refractivity contribution in [3.63, 3.8) is 0 Å². The first-order chi connectivity index (χ1) is 44.0. The summed E-state index contributed by atoms with van der Waals surface area (Å²) in [5.41, 5.74) is -0.204. The molecule has 1 aliphatic rings. The van der Waals surface area contributed by atoms with Gasteiger partial charge in [0.15, 0.2) is 28.6 Å². The van der Waals surface area contributed by atoms with E-state index in [0.29, 0.717) is 21.3 Å². The van der Waals surface area contributed by atoms with Gasteiger partial charge in [0.2, 0.25) is 0 Å². The third-order valence-electron chi connectivity index (χ3n) is 11.8. The molecule has 0 spiro atoms. The number of aromatic amines is 1. The lowest BCUT2D eigenvalue weighted by molar-refractivity contribution is -0.107. The molecule has 1 saturated heterocycles. The van der Waals surface area contributed by atoms with Crippen LogP contribution in [0.5, 0.6) is 0 Å². The molecule has 9 N–H and O–H groups in total. The van der Waals surface area contributed by atoms with Crippen LogP contribution in [0.1, 0.15) is 194 Å². The number of halogens is 2. The Hall–Kier alpha value is -7.21. The van der Waals surface area contributed by atoms with Gasteiger partial charge in [0.1, 0.15) is 47.2 Å². The number of anilines is 3. The third kappa shape index (κ3) is 31.8. The molecule has 2 radical (unpaired) electrons. The number of ether oxygens (including phenoxy) is 7. The zero-order valence-corrected chi connectivity index (χ0v) is 64.7.